The predicted octanol–water partition coefficient (Wildman–Crippen LogP) is -0.649. The molecule has 0 saturated heterocycles. The number of sulfonamides is 1. The summed E-state index contributed by atoms with van der Waals surface area (Å²) in [5.41, 5.74) is 0. The molecule has 0 unspecified atom stereocenters. The maximum Gasteiger partial charge on any atom is 0.257 e. The summed E-state index contributed by atoms with van der Waals surface area (Å²) in [6.45, 7) is 1.46. The highest BCUT2D eigenvalue weighted by Gasteiger charge is 2.13. The lowest BCUT2D eigenvalue weighted by Gasteiger charge is -2.05. The third kappa shape index (κ3) is 4.27. The first kappa shape index (κ1) is 13.1. The van der Waals surface area contributed by atoms with E-state index in [2.05, 4.69) is 14.7 Å². The highest BCUT2D eigenvalue weighted by Crippen LogP contribution is 2.00. The van der Waals surface area contributed by atoms with E-state index in [1.54, 1.807) is 7.11 Å². The molecule has 16 heavy (non-hydrogen) atoms. The van der Waals surface area contributed by atoms with Gasteiger partial charge >= 0.3 is 0 Å². The van der Waals surface area contributed by atoms with Gasteiger partial charge < -0.3 is 14.5 Å². The van der Waals surface area contributed by atoms with Crippen LogP contribution >= 0.6 is 0 Å². The average molecular weight is 249 g/mol. The van der Waals surface area contributed by atoms with Crippen LogP contribution in [0.25, 0.3) is 0 Å². The topological polar surface area (TPSA) is 93.3 Å². The third-order valence-corrected chi connectivity index (χ3v) is 3.12. The van der Waals surface area contributed by atoms with E-state index in [9.17, 15) is 8.42 Å². The van der Waals surface area contributed by atoms with E-state index in [4.69, 9.17) is 9.47 Å². The number of imidazole rings is 1. The zero-order valence-corrected chi connectivity index (χ0v) is 9.79. The normalized spacial score (nSPS) is 11.8. The van der Waals surface area contributed by atoms with Crippen molar-refractivity contribution in [3.8, 4) is 0 Å². The van der Waals surface area contributed by atoms with Crippen LogP contribution in [0.1, 0.15) is 0 Å². The molecule has 2 N–H and O–H groups in total. The molecule has 0 aliphatic carbocycles. The SMILES string of the molecule is COCCOCCNS(=O)(=O)c1cnc[nH]1. The zero-order chi connectivity index (χ0) is 11.9. The highest BCUT2D eigenvalue weighted by atomic mass is 32.2. The highest BCUT2D eigenvalue weighted by molar-refractivity contribution is 7.89. The number of methoxy groups -OCH3 is 1. The predicted molar refractivity (Wildman–Crippen MR) is 56.5 cm³/mol. The summed E-state index contributed by atoms with van der Waals surface area (Å²) in [4.78, 5) is 6.15. The minimum Gasteiger partial charge on any atom is -0.382 e. The number of H-pyrrole nitrogens is 1. The Labute approximate surface area is 94.2 Å². The van der Waals surface area contributed by atoms with Crippen LogP contribution in [0.3, 0.4) is 0 Å². The van der Waals surface area contributed by atoms with Crippen LogP contribution in [0.4, 0.5) is 0 Å². The van der Waals surface area contributed by atoms with Gasteiger partial charge in [-0.1, -0.05) is 0 Å². The Bertz CT molecular complexity index is 376. The summed E-state index contributed by atoms with van der Waals surface area (Å²) < 4.78 is 35.3. The van der Waals surface area contributed by atoms with E-state index in [0.29, 0.717) is 19.8 Å². The maximum absolute atomic E-state index is 11.5. The second-order valence-electron chi connectivity index (χ2n) is 2.92. The third-order valence-electron chi connectivity index (χ3n) is 1.73. The van der Waals surface area contributed by atoms with Crippen molar-refractivity contribution in [1.82, 2.24) is 14.7 Å². The average Bonchev–Trinajstić information content (AvgIpc) is 2.77. The molecular weight excluding hydrogens is 234 g/mol. The molecule has 92 valence electrons. The zero-order valence-electron chi connectivity index (χ0n) is 8.97. The number of rotatable bonds is 8. The number of aromatic nitrogens is 2. The molecule has 0 saturated carbocycles. The first-order valence-corrected chi connectivity index (χ1v) is 6.20. The Balaban J connectivity index is 2.22. The molecule has 0 aliphatic rings. The van der Waals surface area contributed by atoms with Gasteiger partial charge in [-0.3, -0.25) is 0 Å². The monoisotopic (exact) mass is 249 g/mol. The van der Waals surface area contributed by atoms with Crippen LogP contribution in [0.2, 0.25) is 0 Å². The molecule has 1 aromatic rings. The fourth-order valence-electron chi connectivity index (χ4n) is 0.960. The molecule has 0 radical (unpaired) electrons. The Morgan fingerprint density at radius 3 is 2.88 bits per heavy atom. The molecule has 1 heterocycles. The van der Waals surface area contributed by atoms with Crippen molar-refractivity contribution in [3.05, 3.63) is 12.5 Å². The van der Waals surface area contributed by atoms with Crippen molar-refractivity contribution in [2.45, 2.75) is 5.03 Å². The number of ether oxygens (including phenoxy) is 2. The second-order valence-corrected chi connectivity index (χ2v) is 4.65. The molecule has 7 nitrogen and oxygen atoms in total. The Morgan fingerprint density at radius 2 is 2.25 bits per heavy atom. The fourth-order valence-corrected chi connectivity index (χ4v) is 1.88. The number of hydrogen-bond acceptors (Lipinski definition) is 5. The molecule has 0 aliphatic heterocycles. The smallest absolute Gasteiger partial charge is 0.257 e. The van der Waals surface area contributed by atoms with Gasteiger partial charge in [0, 0.05) is 13.7 Å². The molecule has 0 spiro atoms. The summed E-state index contributed by atoms with van der Waals surface area (Å²) in [5, 5.41) is 0.0457. The summed E-state index contributed by atoms with van der Waals surface area (Å²) >= 11 is 0. The molecule has 0 atom stereocenters. The van der Waals surface area contributed by atoms with Crippen LogP contribution in [0.15, 0.2) is 17.6 Å². The Kier molecular flexibility index (Phi) is 5.39. The van der Waals surface area contributed by atoms with Gasteiger partial charge in [0.25, 0.3) is 10.0 Å². The lowest BCUT2D eigenvalue weighted by molar-refractivity contribution is 0.0736. The van der Waals surface area contributed by atoms with Gasteiger partial charge in [-0.15, -0.1) is 0 Å². The van der Waals surface area contributed by atoms with E-state index in [1.807, 2.05) is 0 Å². The Hall–Kier alpha value is -0.960. The van der Waals surface area contributed by atoms with E-state index in [-0.39, 0.29) is 11.6 Å². The van der Waals surface area contributed by atoms with Crippen molar-refractivity contribution in [2.24, 2.45) is 0 Å². The summed E-state index contributed by atoms with van der Waals surface area (Å²) in [6, 6.07) is 0. The quantitative estimate of drug-likeness (QED) is 0.597. The molecular formula is C8H15N3O4S. The van der Waals surface area contributed by atoms with Crippen molar-refractivity contribution in [1.29, 1.82) is 0 Å². The summed E-state index contributed by atoms with van der Waals surface area (Å²) in [7, 11) is -1.92. The van der Waals surface area contributed by atoms with Crippen LogP contribution in [0, 0.1) is 0 Å². The molecule has 0 bridgehead atoms. The number of hydrogen-bond donors (Lipinski definition) is 2. The van der Waals surface area contributed by atoms with Gasteiger partial charge in [-0.05, 0) is 0 Å². The molecule has 8 heteroatoms. The van der Waals surface area contributed by atoms with Crippen LogP contribution in [-0.2, 0) is 19.5 Å². The molecule has 0 fully saturated rings. The second kappa shape index (κ2) is 6.59. The minimum atomic E-state index is -3.49. The van der Waals surface area contributed by atoms with Gasteiger partial charge in [0.2, 0.25) is 0 Å². The van der Waals surface area contributed by atoms with Crippen LogP contribution < -0.4 is 4.72 Å². The first-order valence-electron chi connectivity index (χ1n) is 4.71. The van der Waals surface area contributed by atoms with Gasteiger partial charge in [-0.25, -0.2) is 18.1 Å². The van der Waals surface area contributed by atoms with Crippen molar-refractivity contribution in [2.75, 3.05) is 33.5 Å². The lowest BCUT2D eigenvalue weighted by atomic mass is 10.7. The lowest BCUT2D eigenvalue weighted by Crippen LogP contribution is -2.28. The van der Waals surface area contributed by atoms with Gasteiger partial charge in [0.15, 0.2) is 5.03 Å². The van der Waals surface area contributed by atoms with E-state index in [1.165, 1.54) is 12.5 Å². The standard InChI is InChI=1S/C8H15N3O4S/c1-14-4-5-15-3-2-11-16(12,13)8-6-9-7-10-8/h6-7,11H,2-5H2,1H3,(H,9,10). The summed E-state index contributed by atoms with van der Waals surface area (Å²) in [5.74, 6) is 0. The first-order chi connectivity index (χ1) is 7.67. The molecule has 1 aromatic heterocycles. The van der Waals surface area contributed by atoms with Gasteiger partial charge in [0.05, 0.1) is 32.3 Å². The fraction of sp³-hybridized carbons (Fsp3) is 0.625. The van der Waals surface area contributed by atoms with Gasteiger partial charge in [-0.2, -0.15) is 0 Å². The number of nitrogens with one attached hydrogen (secondary N) is 2. The number of aromatic amines is 1. The van der Waals surface area contributed by atoms with Crippen LogP contribution in [0.5, 0.6) is 0 Å². The number of nitrogens with zero attached hydrogens (tertiary/aromatic N) is 1. The van der Waals surface area contributed by atoms with Gasteiger partial charge in [0.1, 0.15) is 0 Å². The summed E-state index contributed by atoms with van der Waals surface area (Å²) in [6.07, 6.45) is 2.55. The minimum absolute atomic E-state index is 0.0457. The van der Waals surface area contributed by atoms with E-state index in [0.717, 1.165) is 0 Å². The maximum atomic E-state index is 11.5. The van der Waals surface area contributed by atoms with Crippen molar-refractivity contribution in [3.63, 3.8) is 0 Å². The molecule has 1 rings (SSSR count). The largest absolute Gasteiger partial charge is 0.382 e. The Morgan fingerprint density at radius 1 is 1.44 bits per heavy atom. The molecule has 0 aromatic carbocycles. The molecule has 0 amide bonds. The van der Waals surface area contributed by atoms with Crippen LogP contribution in [-0.4, -0.2) is 51.9 Å². The van der Waals surface area contributed by atoms with Crippen molar-refractivity contribution < 1.29 is 17.9 Å². The van der Waals surface area contributed by atoms with E-state index < -0.39 is 10.0 Å². The van der Waals surface area contributed by atoms with E-state index >= 15 is 0 Å². The van der Waals surface area contributed by atoms with Crippen molar-refractivity contribution >= 4 is 10.0 Å².